The number of fused-ring (bicyclic) bond motifs is 1. The third kappa shape index (κ3) is 6.06. The van der Waals surface area contributed by atoms with E-state index in [9.17, 15) is 9.90 Å². The van der Waals surface area contributed by atoms with Gasteiger partial charge < -0.3 is 10.1 Å². The third-order valence-electron chi connectivity index (χ3n) is 6.83. The summed E-state index contributed by atoms with van der Waals surface area (Å²) in [6.45, 7) is 8.12. The molecule has 0 bridgehead atoms. The Morgan fingerprint density at radius 3 is 2.64 bits per heavy atom. The fraction of sp³-hybridized carbons (Fsp3) is 0.429. The molecule has 0 unspecified atom stereocenters. The second-order valence-corrected chi connectivity index (χ2v) is 9.50. The van der Waals surface area contributed by atoms with Gasteiger partial charge in [-0.2, -0.15) is 0 Å². The van der Waals surface area contributed by atoms with Crippen LogP contribution in [0.3, 0.4) is 0 Å². The van der Waals surface area contributed by atoms with Gasteiger partial charge in [0.1, 0.15) is 0 Å². The number of H-pyrrole nitrogens is 1. The Morgan fingerprint density at radius 2 is 1.89 bits per heavy atom. The monoisotopic (exact) mass is 488 g/mol. The van der Waals surface area contributed by atoms with E-state index in [4.69, 9.17) is 0 Å². The first-order chi connectivity index (χ1) is 17.5. The molecule has 0 saturated heterocycles. The molecule has 0 amide bonds. The van der Waals surface area contributed by atoms with Crippen molar-refractivity contribution >= 4 is 10.9 Å². The highest BCUT2D eigenvalue weighted by molar-refractivity contribution is 5.80. The second-order valence-electron chi connectivity index (χ2n) is 9.50. The molecule has 0 fully saturated rings. The molecule has 36 heavy (non-hydrogen) atoms. The summed E-state index contributed by atoms with van der Waals surface area (Å²) < 4.78 is 1.88. The number of rotatable bonds is 12. The maximum atomic E-state index is 13.1. The van der Waals surface area contributed by atoms with Crippen molar-refractivity contribution in [3.63, 3.8) is 0 Å². The molecule has 190 valence electrons. The number of hydrogen-bond acceptors (Lipinski definition) is 6. The quantitative estimate of drug-likeness (QED) is 0.311. The molecule has 1 atom stereocenters. The van der Waals surface area contributed by atoms with Crippen LogP contribution in [0.2, 0.25) is 0 Å². The largest absolute Gasteiger partial charge is 0.396 e. The molecule has 8 nitrogen and oxygen atoms in total. The van der Waals surface area contributed by atoms with Crippen LogP contribution < -0.4 is 5.56 Å². The van der Waals surface area contributed by atoms with Gasteiger partial charge in [0.15, 0.2) is 5.82 Å². The zero-order valence-electron chi connectivity index (χ0n) is 21.4. The fourth-order valence-electron chi connectivity index (χ4n) is 4.71. The second kappa shape index (κ2) is 12.1. The van der Waals surface area contributed by atoms with E-state index < -0.39 is 0 Å². The number of aromatic nitrogens is 5. The maximum Gasteiger partial charge on any atom is 0.252 e. The molecule has 0 aliphatic rings. The van der Waals surface area contributed by atoms with E-state index in [2.05, 4.69) is 64.4 Å². The summed E-state index contributed by atoms with van der Waals surface area (Å²) in [6, 6.07) is 16.4. The topological polar surface area (TPSA) is 99.9 Å². The van der Waals surface area contributed by atoms with Crippen molar-refractivity contribution < 1.29 is 5.11 Å². The Hall–Kier alpha value is -3.36. The summed E-state index contributed by atoms with van der Waals surface area (Å²) in [5.41, 5.74) is 5.05. The SMILES string of the molecule is CCC[C@@H](c1nnnn1CCc1ccccc1)N(CCCO)Cc1cc2cc(C)c(C)cc2[nH]c1=O. The zero-order valence-corrected chi connectivity index (χ0v) is 21.4. The minimum atomic E-state index is -0.0846. The number of tetrazole rings is 1. The van der Waals surface area contributed by atoms with E-state index >= 15 is 0 Å². The Balaban J connectivity index is 1.64. The van der Waals surface area contributed by atoms with Gasteiger partial charge in [0, 0.05) is 37.3 Å². The lowest BCUT2D eigenvalue weighted by atomic mass is 10.0. The molecule has 2 aromatic heterocycles. The molecule has 0 aliphatic carbocycles. The summed E-state index contributed by atoms with van der Waals surface area (Å²) >= 11 is 0. The Bertz CT molecular complexity index is 1330. The minimum absolute atomic E-state index is 0.0674. The van der Waals surface area contributed by atoms with Crippen molar-refractivity contribution in [2.75, 3.05) is 13.2 Å². The van der Waals surface area contributed by atoms with Crippen LogP contribution in [-0.2, 0) is 19.5 Å². The first-order valence-electron chi connectivity index (χ1n) is 12.8. The van der Waals surface area contributed by atoms with Crippen LogP contribution in [0.5, 0.6) is 0 Å². The molecule has 2 heterocycles. The summed E-state index contributed by atoms with van der Waals surface area (Å²) in [6.07, 6.45) is 3.23. The van der Waals surface area contributed by atoms with Crippen molar-refractivity contribution in [1.29, 1.82) is 0 Å². The number of hydrogen-bond donors (Lipinski definition) is 2. The van der Waals surface area contributed by atoms with Crippen LogP contribution in [-0.4, -0.2) is 48.3 Å². The van der Waals surface area contributed by atoms with Gasteiger partial charge in [0.25, 0.3) is 5.56 Å². The molecule has 0 saturated carbocycles. The van der Waals surface area contributed by atoms with Gasteiger partial charge in [-0.3, -0.25) is 9.69 Å². The van der Waals surface area contributed by atoms with E-state index in [0.29, 0.717) is 31.6 Å². The number of nitrogens with one attached hydrogen (secondary N) is 1. The molecule has 2 aromatic carbocycles. The van der Waals surface area contributed by atoms with Crippen molar-refractivity contribution in [3.05, 3.63) is 87.0 Å². The molecular weight excluding hydrogens is 452 g/mol. The van der Waals surface area contributed by atoms with Crippen LogP contribution in [0.25, 0.3) is 10.9 Å². The van der Waals surface area contributed by atoms with E-state index in [1.54, 1.807) is 0 Å². The number of aryl methyl sites for hydroxylation is 4. The van der Waals surface area contributed by atoms with Gasteiger partial charge >= 0.3 is 0 Å². The molecule has 0 spiro atoms. The highest BCUT2D eigenvalue weighted by atomic mass is 16.3. The van der Waals surface area contributed by atoms with Crippen molar-refractivity contribution in [2.45, 2.75) is 65.6 Å². The zero-order chi connectivity index (χ0) is 25.5. The fourth-order valence-corrected chi connectivity index (χ4v) is 4.71. The van der Waals surface area contributed by atoms with Crippen LogP contribution in [0, 0.1) is 13.8 Å². The van der Waals surface area contributed by atoms with Gasteiger partial charge in [-0.05, 0) is 83.8 Å². The Kier molecular flexibility index (Phi) is 8.61. The summed E-state index contributed by atoms with van der Waals surface area (Å²) in [5.74, 6) is 0.800. The van der Waals surface area contributed by atoms with Crippen LogP contribution >= 0.6 is 0 Å². The molecule has 2 N–H and O–H groups in total. The lowest BCUT2D eigenvalue weighted by Gasteiger charge is -2.30. The highest BCUT2D eigenvalue weighted by Crippen LogP contribution is 2.27. The molecule has 4 aromatic rings. The number of nitrogens with zero attached hydrogens (tertiary/aromatic N) is 5. The first-order valence-corrected chi connectivity index (χ1v) is 12.8. The van der Waals surface area contributed by atoms with Crippen LogP contribution in [0.4, 0.5) is 0 Å². The van der Waals surface area contributed by atoms with Crippen molar-refractivity contribution in [2.24, 2.45) is 0 Å². The van der Waals surface area contributed by atoms with E-state index in [-0.39, 0.29) is 18.2 Å². The van der Waals surface area contributed by atoms with Gasteiger partial charge in [-0.1, -0.05) is 43.7 Å². The Labute approximate surface area is 212 Å². The van der Waals surface area contributed by atoms with Crippen molar-refractivity contribution in [1.82, 2.24) is 30.1 Å². The predicted octanol–water partition coefficient (Wildman–Crippen LogP) is 4.10. The molecule has 0 radical (unpaired) electrons. The van der Waals surface area contributed by atoms with E-state index in [1.807, 2.05) is 35.0 Å². The number of aromatic amines is 1. The van der Waals surface area contributed by atoms with E-state index in [1.165, 1.54) is 11.1 Å². The summed E-state index contributed by atoms with van der Waals surface area (Å²) in [5, 5.41) is 23.3. The first kappa shape index (κ1) is 25.7. The minimum Gasteiger partial charge on any atom is -0.396 e. The molecule has 0 aliphatic heterocycles. The third-order valence-corrected chi connectivity index (χ3v) is 6.83. The van der Waals surface area contributed by atoms with Crippen LogP contribution in [0.15, 0.2) is 53.3 Å². The number of benzene rings is 2. The van der Waals surface area contributed by atoms with Crippen LogP contribution in [0.1, 0.15) is 60.3 Å². The molecular formula is C28H36N6O2. The summed E-state index contributed by atoms with van der Waals surface area (Å²) in [7, 11) is 0. The lowest BCUT2D eigenvalue weighted by molar-refractivity contribution is 0.147. The molecule has 8 heteroatoms. The molecule has 4 rings (SSSR count). The van der Waals surface area contributed by atoms with Gasteiger partial charge in [0.05, 0.1) is 6.04 Å². The maximum absolute atomic E-state index is 13.1. The smallest absolute Gasteiger partial charge is 0.252 e. The average Bonchev–Trinajstić information content (AvgIpc) is 3.34. The lowest BCUT2D eigenvalue weighted by Crippen LogP contribution is -2.34. The van der Waals surface area contributed by atoms with Gasteiger partial charge in [-0.15, -0.1) is 5.10 Å². The highest BCUT2D eigenvalue weighted by Gasteiger charge is 2.26. The van der Waals surface area contributed by atoms with Crippen molar-refractivity contribution in [3.8, 4) is 0 Å². The summed E-state index contributed by atoms with van der Waals surface area (Å²) in [4.78, 5) is 18.4. The normalized spacial score (nSPS) is 12.5. The Morgan fingerprint density at radius 1 is 1.11 bits per heavy atom. The standard InChI is InChI=1S/C28H36N6O2/c1-4-9-26(27-30-31-32-34(27)14-12-22-10-6-5-7-11-22)33(13-8-15-35)19-24-18-23-16-20(2)21(3)17-25(23)29-28(24)36/h5-7,10-11,16-18,26,35H,4,8-9,12-15,19H2,1-3H3,(H,29,36)/t26-/m0/s1. The van der Waals surface area contributed by atoms with Gasteiger partial charge in [0.2, 0.25) is 0 Å². The number of pyridine rings is 1. The number of aliphatic hydroxyl groups is 1. The van der Waals surface area contributed by atoms with Gasteiger partial charge in [-0.25, -0.2) is 4.68 Å². The van der Waals surface area contributed by atoms with E-state index in [0.717, 1.165) is 41.6 Å². The average molecular weight is 489 g/mol. The predicted molar refractivity (Wildman–Crippen MR) is 142 cm³/mol. The number of aliphatic hydroxyl groups excluding tert-OH is 1.